The van der Waals surface area contributed by atoms with Gasteiger partial charge in [0, 0.05) is 17.7 Å². The van der Waals surface area contributed by atoms with Crippen LogP contribution in [0.5, 0.6) is 11.5 Å². The van der Waals surface area contributed by atoms with Crippen LogP contribution in [0, 0.1) is 0 Å². The maximum atomic E-state index is 12.3. The second-order valence-corrected chi connectivity index (χ2v) is 5.36. The van der Waals surface area contributed by atoms with Gasteiger partial charge in [-0.15, -0.1) is 0 Å². The molecule has 1 heterocycles. The summed E-state index contributed by atoms with van der Waals surface area (Å²) in [5.74, 6) is 0.429. The Morgan fingerprint density at radius 2 is 2.14 bits per heavy atom. The van der Waals surface area contributed by atoms with Gasteiger partial charge in [-0.05, 0) is 37.5 Å². The number of nitrogens with one attached hydrogen (secondary N) is 2. The summed E-state index contributed by atoms with van der Waals surface area (Å²) in [6, 6.07) is 4.06. The first-order valence-electron chi connectivity index (χ1n) is 7.39. The van der Waals surface area contributed by atoms with E-state index in [1.165, 1.54) is 6.07 Å². The Morgan fingerprint density at radius 3 is 2.91 bits per heavy atom. The van der Waals surface area contributed by atoms with E-state index < -0.39 is 6.04 Å². The van der Waals surface area contributed by atoms with Crippen molar-refractivity contribution in [1.82, 2.24) is 10.6 Å². The zero-order valence-electron chi connectivity index (χ0n) is 12.3. The summed E-state index contributed by atoms with van der Waals surface area (Å²) in [6.07, 6.45) is 1.94. The number of phenols is 1. The van der Waals surface area contributed by atoms with Gasteiger partial charge in [0.05, 0.1) is 12.6 Å². The number of carbonyl (C=O) groups excluding carboxylic acids is 2. The maximum absolute atomic E-state index is 12.3. The number of hydrogen-bond acceptors (Lipinski definition) is 4. The molecule has 1 aliphatic carbocycles. The third kappa shape index (κ3) is 2.52. The van der Waals surface area contributed by atoms with E-state index >= 15 is 0 Å². The first-order chi connectivity index (χ1) is 10.6. The molecule has 1 aliphatic heterocycles. The summed E-state index contributed by atoms with van der Waals surface area (Å²) >= 11 is 0. The number of aromatic hydroxyl groups is 1. The average molecular weight is 302 g/mol. The molecular weight excluding hydrogens is 284 g/mol. The lowest BCUT2D eigenvalue weighted by molar-refractivity contribution is -0.116. The summed E-state index contributed by atoms with van der Waals surface area (Å²) < 4.78 is 5.38. The highest BCUT2D eigenvalue weighted by Crippen LogP contribution is 2.36. The Labute approximate surface area is 128 Å². The number of ketones is 1. The van der Waals surface area contributed by atoms with E-state index in [1.54, 1.807) is 12.1 Å². The molecule has 0 bridgehead atoms. The van der Waals surface area contributed by atoms with Gasteiger partial charge in [0.1, 0.15) is 0 Å². The highest BCUT2D eigenvalue weighted by atomic mass is 16.5. The number of ether oxygens (including phenoxy) is 1. The molecule has 6 nitrogen and oxygen atoms in total. The van der Waals surface area contributed by atoms with Gasteiger partial charge in [0.2, 0.25) is 0 Å². The summed E-state index contributed by atoms with van der Waals surface area (Å²) in [5, 5.41) is 15.3. The van der Waals surface area contributed by atoms with Crippen molar-refractivity contribution in [1.29, 1.82) is 0 Å². The fraction of sp³-hybridized carbons (Fsp3) is 0.375. The van der Waals surface area contributed by atoms with Gasteiger partial charge in [0.15, 0.2) is 17.3 Å². The smallest absolute Gasteiger partial charge is 0.319 e. The topological polar surface area (TPSA) is 87.7 Å². The van der Waals surface area contributed by atoms with Crippen molar-refractivity contribution >= 4 is 11.8 Å². The third-order valence-corrected chi connectivity index (χ3v) is 3.90. The standard InChI is InChI=1S/C16H18N2O4/c1-2-22-13-8-9(6-7-11(13)19)15-14-10(17-16(21)18-15)4-3-5-12(14)20/h6-8,15,19H,2-5H2,1H3,(H2,17,18,21). The first-order valence-corrected chi connectivity index (χ1v) is 7.39. The molecule has 3 rings (SSSR count). The second kappa shape index (κ2) is 5.71. The number of phenolic OH excluding ortho intramolecular Hbond substituents is 1. The van der Waals surface area contributed by atoms with Crippen LogP contribution in [0.4, 0.5) is 4.79 Å². The van der Waals surface area contributed by atoms with Gasteiger partial charge in [0.25, 0.3) is 0 Å². The first kappa shape index (κ1) is 14.4. The summed E-state index contributed by atoms with van der Waals surface area (Å²) in [6.45, 7) is 2.24. The van der Waals surface area contributed by atoms with Gasteiger partial charge in [-0.2, -0.15) is 0 Å². The number of rotatable bonds is 3. The van der Waals surface area contributed by atoms with Crippen molar-refractivity contribution in [3.63, 3.8) is 0 Å². The predicted octanol–water partition coefficient (Wildman–Crippen LogP) is 2.15. The fourth-order valence-corrected chi connectivity index (χ4v) is 2.94. The molecule has 3 N–H and O–H groups in total. The normalized spacial score (nSPS) is 21.0. The lowest BCUT2D eigenvalue weighted by Crippen LogP contribution is -2.46. The van der Waals surface area contributed by atoms with Crippen molar-refractivity contribution < 1.29 is 19.4 Å². The Bertz CT molecular complexity index is 666. The van der Waals surface area contributed by atoms with Crippen molar-refractivity contribution in [2.24, 2.45) is 0 Å². The van der Waals surface area contributed by atoms with Crippen molar-refractivity contribution in [2.75, 3.05) is 6.61 Å². The van der Waals surface area contributed by atoms with Gasteiger partial charge in [-0.1, -0.05) is 6.07 Å². The lowest BCUT2D eigenvalue weighted by atomic mass is 9.85. The molecule has 1 unspecified atom stereocenters. The van der Waals surface area contributed by atoms with E-state index in [1.807, 2.05) is 6.92 Å². The minimum absolute atomic E-state index is 0.0371. The molecule has 0 aromatic heterocycles. The van der Waals surface area contributed by atoms with E-state index in [4.69, 9.17) is 4.74 Å². The van der Waals surface area contributed by atoms with Gasteiger partial charge in [-0.3, -0.25) is 4.79 Å². The largest absolute Gasteiger partial charge is 0.504 e. The molecule has 2 aliphatic rings. The molecule has 0 fully saturated rings. The Balaban J connectivity index is 2.04. The van der Waals surface area contributed by atoms with E-state index in [9.17, 15) is 14.7 Å². The monoisotopic (exact) mass is 302 g/mol. The van der Waals surface area contributed by atoms with Crippen molar-refractivity contribution in [3.05, 3.63) is 35.0 Å². The molecule has 1 aromatic rings. The Kier molecular flexibility index (Phi) is 3.75. The Hall–Kier alpha value is -2.50. The molecule has 116 valence electrons. The molecule has 0 saturated heterocycles. The lowest BCUT2D eigenvalue weighted by Gasteiger charge is -2.32. The van der Waals surface area contributed by atoms with Crippen LogP contribution in [-0.2, 0) is 4.79 Å². The zero-order chi connectivity index (χ0) is 15.7. The molecule has 0 radical (unpaired) electrons. The van der Waals surface area contributed by atoms with Crippen LogP contribution in [0.1, 0.15) is 37.8 Å². The highest BCUT2D eigenvalue weighted by Gasteiger charge is 2.34. The van der Waals surface area contributed by atoms with E-state index in [-0.39, 0.29) is 17.6 Å². The summed E-state index contributed by atoms with van der Waals surface area (Å²) in [4.78, 5) is 24.1. The van der Waals surface area contributed by atoms with Crippen LogP contribution in [0.2, 0.25) is 0 Å². The number of Topliss-reactive ketones (excluding diaryl/α,β-unsaturated/α-hetero) is 1. The Morgan fingerprint density at radius 1 is 1.32 bits per heavy atom. The van der Waals surface area contributed by atoms with Crippen LogP contribution in [-0.4, -0.2) is 23.5 Å². The minimum atomic E-state index is -0.503. The number of carbonyl (C=O) groups is 2. The molecule has 2 amide bonds. The van der Waals surface area contributed by atoms with E-state index in [0.717, 1.165) is 12.0 Å². The predicted molar refractivity (Wildman–Crippen MR) is 79.6 cm³/mol. The summed E-state index contributed by atoms with van der Waals surface area (Å²) in [5.41, 5.74) is 2.04. The summed E-state index contributed by atoms with van der Waals surface area (Å²) in [7, 11) is 0. The van der Waals surface area contributed by atoms with Crippen LogP contribution >= 0.6 is 0 Å². The molecule has 0 saturated carbocycles. The third-order valence-electron chi connectivity index (χ3n) is 3.90. The number of hydrogen-bond donors (Lipinski definition) is 3. The van der Waals surface area contributed by atoms with Crippen molar-refractivity contribution in [3.8, 4) is 11.5 Å². The van der Waals surface area contributed by atoms with E-state index in [0.29, 0.717) is 36.5 Å². The average Bonchev–Trinajstić information content (AvgIpc) is 2.49. The molecular formula is C16H18N2O4. The van der Waals surface area contributed by atoms with Crippen LogP contribution in [0.25, 0.3) is 0 Å². The molecule has 0 spiro atoms. The van der Waals surface area contributed by atoms with Gasteiger partial charge < -0.3 is 20.5 Å². The quantitative estimate of drug-likeness (QED) is 0.798. The zero-order valence-corrected chi connectivity index (χ0v) is 12.3. The molecule has 1 atom stereocenters. The SMILES string of the molecule is CCOc1cc(C2NC(=O)NC3=C2C(=O)CCC3)ccc1O. The number of urea groups is 1. The number of amides is 2. The van der Waals surface area contributed by atoms with Crippen molar-refractivity contribution in [2.45, 2.75) is 32.2 Å². The number of allylic oxidation sites excluding steroid dienone is 1. The second-order valence-electron chi connectivity index (χ2n) is 5.36. The van der Waals surface area contributed by atoms with Crippen LogP contribution in [0.15, 0.2) is 29.5 Å². The minimum Gasteiger partial charge on any atom is -0.504 e. The molecule has 6 heteroatoms. The number of benzene rings is 1. The fourth-order valence-electron chi connectivity index (χ4n) is 2.94. The molecule has 22 heavy (non-hydrogen) atoms. The van der Waals surface area contributed by atoms with Crippen LogP contribution < -0.4 is 15.4 Å². The van der Waals surface area contributed by atoms with Gasteiger partial charge in [-0.25, -0.2) is 4.79 Å². The van der Waals surface area contributed by atoms with Gasteiger partial charge >= 0.3 is 6.03 Å². The maximum Gasteiger partial charge on any atom is 0.319 e. The van der Waals surface area contributed by atoms with Crippen LogP contribution in [0.3, 0.4) is 0 Å². The molecule has 1 aromatic carbocycles. The highest BCUT2D eigenvalue weighted by molar-refractivity contribution is 6.01. The van der Waals surface area contributed by atoms with E-state index in [2.05, 4.69) is 10.6 Å².